The summed E-state index contributed by atoms with van der Waals surface area (Å²) in [6.45, 7) is 1.85. The first kappa shape index (κ1) is 11.2. The number of hydrogen-bond acceptors (Lipinski definition) is 1. The molecular formula is C12H12ClFN2. The average Bonchev–Trinajstić information content (AvgIpc) is 2.60. The Bertz CT molecular complexity index is 505. The number of aromatic amines is 1. The normalized spacial score (nSPS) is 12.8. The van der Waals surface area contributed by atoms with Crippen molar-refractivity contribution in [1.82, 2.24) is 4.98 Å². The quantitative estimate of drug-likeness (QED) is 0.826. The van der Waals surface area contributed by atoms with E-state index < -0.39 is 0 Å². The summed E-state index contributed by atoms with van der Waals surface area (Å²) in [5.74, 6) is -0.273. The second-order valence-corrected chi connectivity index (χ2v) is 4.15. The van der Waals surface area contributed by atoms with E-state index in [-0.39, 0.29) is 11.9 Å². The lowest BCUT2D eigenvalue weighted by Gasteiger charge is -2.07. The van der Waals surface area contributed by atoms with Gasteiger partial charge in [-0.2, -0.15) is 0 Å². The molecule has 0 radical (unpaired) electrons. The molecule has 3 N–H and O–H groups in total. The molecule has 0 aliphatic heterocycles. The van der Waals surface area contributed by atoms with Gasteiger partial charge in [-0.1, -0.05) is 23.7 Å². The molecule has 0 bridgehead atoms. The van der Waals surface area contributed by atoms with Crippen molar-refractivity contribution in [2.24, 2.45) is 5.73 Å². The third kappa shape index (κ3) is 2.10. The Balaban J connectivity index is 2.55. The molecule has 4 heteroatoms. The first-order chi connectivity index (χ1) is 7.58. The first-order valence-electron chi connectivity index (χ1n) is 4.98. The lowest BCUT2D eigenvalue weighted by atomic mass is 10.0. The zero-order chi connectivity index (χ0) is 11.7. The number of nitrogens with one attached hydrogen (secondary N) is 1. The van der Waals surface area contributed by atoms with Crippen LogP contribution in [-0.4, -0.2) is 4.98 Å². The van der Waals surface area contributed by atoms with E-state index in [9.17, 15) is 4.39 Å². The standard InChI is InChI=1S/C12H12ClFN2/c1-7(15)12-10(6-11(13)16-12)8-3-2-4-9(14)5-8/h2-7,16H,15H2,1H3/t7-/m0/s1. The highest BCUT2D eigenvalue weighted by atomic mass is 35.5. The first-order valence-corrected chi connectivity index (χ1v) is 5.35. The van der Waals surface area contributed by atoms with Crippen molar-refractivity contribution < 1.29 is 4.39 Å². The molecule has 1 aromatic carbocycles. The van der Waals surface area contributed by atoms with E-state index in [0.717, 1.165) is 16.8 Å². The van der Waals surface area contributed by atoms with Crippen LogP contribution in [0.15, 0.2) is 30.3 Å². The molecule has 2 aromatic rings. The number of rotatable bonds is 2. The van der Waals surface area contributed by atoms with E-state index in [0.29, 0.717) is 5.15 Å². The van der Waals surface area contributed by atoms with Crippen LogP contribution in [0.3, 0.4) is 0 Å². The molecule has 16 heavy (non-hydrogen) atoms. The van der Waals surface area contributed by atoms with Gasteiger partial charge in [0.15, 0.2) is 0 Å². The van der Waals surface area contributed by atoms with Gasteiger partial charge >= 0.3 is 0 Å². The predicted octanol–water partition coefficient (Wildman–Crippen LogP) is 3.49. The van der Waals surface area contributed by atoms with E-state index >= 15 is 0 Å². The minimum Gasteiger partial charge on any atom is -0.348 e. The second kappa shape index (κ2) is 4.28. The largest absolute Gasteiger partial charge is 0.348 e. The van der Waals surface area contributed by atoms with Crippen LogP contribution in [0.5, 0.6) is 0 Å². The van der Waals surface area contributed by atoms with Gasteiger partial charge in [-0.05, 0) is 30.7 Å². The molecule has 0 fully saturated rings. The Morgan fingerprint density at radius 2 is 2.12 bits per heavy atom. The molecule has 2 rings (SSSR count). The van der Waals surface area contributed by atoms with Crippen molar-refractivity contribution in [1.29, 1.82) is 0 Å². The summed E-state index contributed by atoms with van der Waals surface area (Å²) in [4.78, 5) is 2.98. The van der Waals surface area contributed by atoms with Gasteiger partial charge in [0.05, 0.1) is 0 Å². The van der Waals surface area contributed by atoms with Crippen molar-refractivity contribution in [3.05, 3.63) is 47.0 Å². The zero-order valence-corrected chi connectivity index (χ0v) is 9.55. The van der Waals surface area contributed by atoms with Gasteiger partial charge in [0.2, 0.25) is 0 Å². The summed E-state index contributed by atoms with van der Waals surface area (Å²) in [6.07, 6.45) is 0. The molecule has 2 nitrogen and oxygen atoms in total. The summed E-state index contributed by atoms with van der Waals surface area (Å²) < 4.78 is 13.1. The molecule has 0 amide bonds. The minimum absolute atomic E-state index is 0.175. The maximum Gasteiger partial charge on any atom is 0.123 e. The molecule has 0 aliphatic rings. The van der Waals surface area contributed by atoms with E-state index in [1.54, 1.807) is 12.1 Å². The molecule has 1 aromatic heterocycles. The van der Waals surface area contributed by atoms with Crippen LogP contribution >= 0.6 is 11.6 Å². The number of halogens is 2. The van der Waals surface area contributed by atoms with Crippen LogP contribution in [0.2, 0.25) is 5.15 Å². The molecule has 0 saturated carbocycles. The zero-order valence-electron chi connectivity index (χ0n) is 8.80. The lowest BCUT2D eigenvalue weighted by Crippen LogP contribution is -2.06. The topological polar surface area (TPSA) is 41.8 Å². The SMILES string of the molecule is C[C@H](N)c1[nH]c(Cl)cc1-c1cccc(F)c1. The molecular weight excluding hydrogens is 227 g/mol. The summed E-state index contributed by atoms with van der Waals surface area (Å²) in [7, 11) is 0. The van der Waals surface area contributed by atoms with Gasteiger partial charge < -0.3 is 10.7 Å². The Kier molecular flexibility index (Phi) is 2.99. The molecule has 1 heterocycles. The Morgan fingerprint density at radius 3 is 2.75 bits per heavy atom. The second-order valence-electron chi connectivity index (χ2n) is 3.74. The number of hydrogen-bond donors (Lipinski definition) is 2. The van der Waals surface area contributed by atoms with Crippen LogP contribution < -0.4 is 5.73 Å². The Morgan fingerprint density at radius 1 is 1.38 bits per heavy atom. The summed E-state index contributed by atoms with van der Waals surface area (Å²) >= 11 is 5.89. The highest BCUT2D eigenvalue weighted by Gasteiger charge is 2.12. The van der Waals surface area contributed by atoms with Gasteiger partial charge in [-0.3, -0.25) is 0 Å². The fourth-order valence-electron chi connectivity index (χ4n) is 1.69. The number of H-pyrrole nitrogens is 1. The number of benzene rings is 1. The minimum atomic E-state index is -0.273. The van der Waals surface area contributed by atoms with Crippen molar-refractivity contribution in [3.8, 4) is 11.1 Å². The molecule has 0 saturated heterocycles. The molecule has 0 unspecified atom stereocenters. The van der Waals surface area contributed by atoms with Crippen LogP contribution in [0.4, 0.5) is 4.39 Å². The fraction of sp³-hybridized carbons (Fsp3) is 0.167. The van der Waals surface area contributed by atoms with Crippen LogP contribution in [0.25, 0.3) is 11.1 Å². The van der Waals surface area contributed by atoms with E-state index in [4.69, 9.17) is 17.3 Å². The van der Waals surface area contributed by atoms with Gasteiger partial charge in [-0.25, -0.2) is 4.39 Å². The van der Waals surface area contributed by atoms with Gasteiger partial charge in [0.1, 0.15) is 11.0 Å². The van der Waals surface area contributed by atoms with Crippen LogP contribution in [-0.2, 0) is 0 Å². The highest BCUT2D eigenvalue weighted by molar-refractivity contribution is 6.29. The van der Waals surface area contributed by atoms with Crippen molar-refractivity contribution in [2.75, 3.05) is 0 Å². The van der Waals surface area contributed by atoms with Crippen LogP contribution in [0, 0.1) is 5.82 Å². The lowest BCUT2D eigenvalue weighted by molar-refractivity contribution is 0.628. The smallest absolute Gasteiger partial charge is 0.123 e. The van der Waals surface area contributed by atoms with Crippen molar-refractivity contribution in [3.63, 3.8) is 0 Å². The van der Waals surface area contributed by atoms with Gasteiger partial charge in [0, 0.05) is 17.3 Å². The average molecular weight is 239 g/mol. The predicted molar refractivity (Wildman–Crippen MR) is 63.8 cm³/mol. The molecule has 1 atom stereocenters. The van der Waals surface area contributed by atoms with Gasteiger partial charge in [0.25, 0.3) is 0 Å². The number of nitrogens with two attached hydrogens (primary N) is 1. The maximum atomic E-state index is 13.1. The van der Waals surface area contributed by atoms with E-state index in [1.807, 2.05) is 13.0 Å². The molecule has 0 spiro atoms. The van der Waals surface area contributed by atoms with Gasteiger partial charge in [-0.15, -0.1) is 0 Å². The number of aromatic nitrogens is 1. The van der Waals surface area contributed by atoms with Crippen molar-refractivity contribution in [2.45, 2.75) is 13.0 Å². The third-order valence-corrected chi connectivity index (χ3v) is 2.61. The third-order valence-electron chi connectivity index (χ3n) is 2.41. The van der Waals surface area contributed by atoms with E-state index in [2.05, 4.69) is 4.98 Å². The van der Waals surface area contributed by atoms with E-state index in [1.165, 1.54) is 12.1 Å². The Labute approximate surface area is 98.2 Å². The molecule has 84 valence electrons. The van der Waals surface area contributed by atoms with Crippen molar-refractivity contribution >= 4 is 11.6 Å². The summed E-state index contributed by atoms with van der Waals surface area (Å²) in [5.41, 5.74) is 8.26. The highest BCUT2D eigenvalue weighted by Crippen LogP contribution is 2.30. The monoisotopic (exact) mass is 238 g/mol. The maximum absolute atomic E-state index is 13.1. The fourth-order valence-corrected chi connectivity index (χ4v) is 1.90. The summed E-state index contributed by atoms with van der Waals surface area (Å²) in [5, 5.41) is 0.506. The molecule has 0 aliphatic carbocycles. The Hall–Kier alpha value is -1.32. The summed E-state index contributed by atoms with van der Waals surface area (Å²) in [6, 6.07) is 7.94. The van der Waals surface area contributed by atoms with Crippen LogP contribution in [0.1, 0.15) is 18.7 Å².